The van der Waals surface area contributed by atoms with E-state index in [4.69, 9.17) is 0 Å². The zero-order valence-electron chi connectivity index (χ0n) is 14.8. The third-order valence-electron chi connectivity index (χ3n) is 4.41. The van der Waals surface area contributed by atoms with Crippen molar-refractivity contribution in [3.05, 3.63) is 28.0 Å². The van der Waals surface area contributed by atoms with Gasteiger partial charge >= 0.3 is 0 Å². The van der Waals surface area contributed by atoms with Crippen LogP contribution in [0.15, 0.2) is 6.20 Å². The number of rotatable bonds is 5. The number of nitrogens with zero attached hydrogens (tertiary/aromatic N) is 4. The van der Waals surface area contributed by atoms with E-state index in [0.29, 0.717) is 16.6 Å². The third kappa shape index (κ3) is 3.67. The highest BCUT2D eigenvalue weighted by Gasteiger charge is 2.21. The number of aryl methyl sites for hydroxylation is 1. The molecule has 3 rings (SSSR count). The minimum atomic E-state index is -0.122. The Kier molecular flexibility index (Phi) is 5.01. The van der Waals surface area contributed by atoms with Crippen molar-refractivity contribution in [3.63, 3.8) is 0 Å². The summed E-state index contributed by atoms with van der Waals surface area (Å²) in [6, 6.07) is 0. The highest BCUT2D eigenvalue weighted by molar-refractivity contribution is 7.15. The van der Waals surface area contributed by atoms with Crippen molar-refractivity contribution < 1.29 is 4.79 Å². The van der Waals surface area contributed by atoms with Crippen LogP contribution in [0.5, 0.6) is 0 Å². The summed E-state index contributed by atoms with van der Waals surface area (Å²) in [5.74, 6) is 0.494. The number of hydrogen-bond donors (Lipinski definition) is 1. The van der Waals surface area contributed by atoms with Gasteiger partial charge < -0.3 is 4.90 Å². The maximum Gasteiger partial charge on any atom is 0.260 e. The van der Waals surface area contributed by atoms with E-state index in [9.17, 15) is 4.79 Å². The number of fused-ring (bicyclic) bond motifs is 1. The fourth-order valence-corrected chi connectivity index (χ4v) is 3.90. The van der Waals surface area contributed by atoms with Gasteiger partial charge in [-0.1, -0.05) is 13.8 Å². The second-order valence-electron chi connectivity index (χ2n) is 6.88. The van der Waals surface area contributed by atoms with Crippen LogP contribution in [0.2, 0.25) is 0 Å². The van der Waals surface area contributed by atoms with E-state index < -0.39 is 0 Å². The SMILES string of the molecule is Cc1c(C(=O)Nc2nc3c(s2)CN(C)CC3)cnn1CCC(C)C. The van der Waals surface area contributed by atoms with Crippen molar-refractivity contribution in [1.29, 1.82) is 0 Å². The first-order valence-electron chi connectivity index (χ1n) is 8.45. The van der Waals surface area contributed by atoms with Gasteiger partial charge in [0.05, 0.1) is 17.5 Å². The molecule has 7 heteroatoms. The number of anilines is 1. The summed E-state index contributed by atoms with van der Waals surface area (Å²) >= 11 is 1.58. The second-order valence-corrected chi connectivity index (χ2v) is 7.96. The minimum Gasteiger partial charge on any atom is -0.301 e. The predicted octanol–water partition coefficient (Wildman–Crippen LogP) is 2.93. The maximum atomic E-state index is 12.6. The molecule has 1 aliphatic heterocycles. The predicted molar refractivity (Wildman–Crippen MR) is 96.5 cm³/mol. The number of thiazole rings is 1. The lowest BCUT2D eigenvalue weighted by molar-refractivity contribution is 0.102. The lowest BCUT2D eigenvalue weighted by atomic mass is 10.1. The van der Waals surface area contributed by atoms with Gasteiger partial charge in [-0.15, -0.1) is 11.3 Å². The topological polar surface area (TPSA) is 63.1 Å². The maximum absolute atomic E-state index is 12.6. The minimum absolute atomic E-state index is 0.122. The number of likely N-dealkylation sites (N-methyl/N-ethyl adjacent to an activating group) is 1. The van der Waals surface area contributed by atoms with Gasteiger partial charge in [0.1, 0.15) is 0 Å². The Balaban J connectivity index is 1.69. The molecule has 0 unspecified atom stereocenters. The Morgan fingerprint density at radius 3 is 3.00 bits per heavy atom. The highest BCUT2D eigenvalue weighted by atomic mass is 32.1. The molecular weight excluding hydrogens is 322 g/mol. The summed E-state index contributed by atoms with van der Waals surface area (Å²) in [4.78, 5) is 20.7. The normalized spacial score (nSPS) is 14.9. The van der Waals surface area contributed by atoms with Crippen LogP contribution in [0.1, 0.15) is 46.9 Å². The first kappa shape index (κ1) is 17.1. The number of hydrogen-bond acceptors (Lipinski definition) is 5. The van der Waals surface area contributed by atoms with Crippen molar-refractivity contribution in [3.8, 4) is 0 Å². The van der Waals surface area contributed by atoms with E-state index in [1.54, 1.807) is 17.5 Å². The van der Waals surface area contributed by atoms with Gasteiger partial charge in [0.25, 0.3) is 5.91 Å². The lowest BCUT2D eigenvalue weighted by Gasteiger charge is -2.20. The van der Waals surface area contributed by atoms with E-state index >= 15 is 0 Å². The molecule has 24 heavy (non-hydrogen) atoms. The molecule has 0 saturated carbocycles. The van der Waals surface area contributed by atoms with Gasteiger partial charge in [-0.05, 0) is 26.3 Å². The van der Waals surface area contributed by atoms with Gasteiger partial charge in [0.2, 0.25) is 0 Å². The number of nitrogens with one attached hydrogen (secondary N) is 1. The molecule has 2 aromatic heterocycles. The molecule has 0 bridgehead atoms. The second kappa shape index (κ2) is 7.03. The van der Waals surface area contributed by atoms with Crippen molar-refractivity contribution in [2.75, 3.05) is 18.9 Å². The number of carbonyl (C=O) groups excluding carboxylic acids is 1. The van der Waals surface area contributed by atoms with E-state index in [1.165, 1.54) is 4.88 Å². The standard InChI is InChI=1S/C17H25N5OS/c1-11(2)5-8-22-12(3)13(9-18-22)16(23)20-17-19-14-6-7-21(4)10-15(14)24-17/h9,11H,5-8,10H2,1-4H3,(H,19,20,23). The van der Waals surface area contributed by atoms with Crippen LogP contribution >= 0.6 is 11.3 Å². The summed E-state index contributed by atoms with van der Waals surface area (Å²) in [5.41, 5.74) is 2.66. The van der Waals surface area contributed by atoms with Gasteiger partial charge in [0.15, 0.2) is 5.13 Å². The van der Waals surface area contributed by atoms with Crippen LogP contribution in [0.3, 0.4) is 0 Å². The zero-order valence-corrected chi connectivity index (χ0v) is 15.6. The quantitative estimate of drug-likeness (QED) is 0.903. The van der Waals surface area contributed by atoms with Gasteiger partial charge in [-0.25, -0.2) is 4.98 Å². The average molecular weight is 347 g/mol. The van der Waals surface area contributed by atoms with Crippen LogP contribution in [-0.2, 0) is 19.5 Å². The third-order valence-corrected chi connectivity index (χ3v) is 5.41. The summed E-state index contributed by atoms with van der Waals surface area (Å²) in [5, 5.41) is 7.99. The molecule has 3 heterocycles. The molecule has 0 fully saturated rings. The van der Waals surface area contributed by atoms with Gasteiger partial charge in [-0.3, -0.25) is 14.8 Å². The van der Waals surface area contributed by atoms with Gasteiger partial charge in [0, 0.05) is 36.6 Å². The largest absolute Gasteiger partial charge is 0.301 e. The van der Waals surface area contributed by atoms with E-state index in [-0.39, 0.29) is 5.91 Å². The number of aromatic nitrogens is 3. The summed E-state index contributed by atoms with van der Waals surface area (Å²) in [6.45, 7) is 9.10. The van der Waals surface area contributed by atoms with Crippen molar-refractivity contribution in [1.82, 2.24) is 19.7 Å². The molecule has 1 N–H and O–H groups in total. The van der Waals surface area contributed by atoms with Crippen molar-refractivity contribution >= 4 is 22.4 Å². The summed E-state index contributed by atoms with van der Waals surface area (Å²) < 4.78 is 1.91. The Labute approximate surface area is 146 Å². The first-order chi connectivity index (χ1) is 11.4. The first-order valence-corrected chi connectivity index (χ1v) is 9.26. The fourth-order valence-electron chi connectivity index (χ4n) is 2.82. The Morgan fingerprint density at radius 1 is 1.46 bits per heavy atom. The summed E-state index contributed by atoms with van der Waals surface area (Å²) in [6.07, 6.45) is 3.66. The van der Waals surface area contributed by atoms with Crippen LogP contribution in [0.4, 0.5) is 5.13 Å². The Hall–Kier alpha value is -1.73. The highest BCUT2D eigenvalue weighted by Crippen LogP contribution is 2.28. The molecule has 0 aromatic carbocycles. The van der Waals surface area contributed by atoms with E-state index in [1.807, 2.05) is 11.6 Å². The molecule has 6 nitrogen and oxygen atoms in total. The molecule has 1 aliphatic rings. The molecule has 0 radical (unpaired) electrons. The lowest BCUT2D eigenvalue weighted by Crippen LogP contribution is -2.25. The monoisotopic (exact) mass is 347 g/mol. The van der Waals surface area contributed by atoms with Crippen molar-refractivity contribution in [2.45, 2.75) is 46.7 Å². The van der Waals surface area contributed by atoms with Gasteiger partial charge in [-0.2, -0.15) is 5.10 Å². The van der Waals surface area contributed by atoms with Crippen LogP contribution in [0, 0.1) is 12.8 Å². The molecular formula is C17H25N5OS. The number of carbonyl (C=O) groups is 1. The molecule has 0 atom stereocenters. The molecule has 2 aromatic rings. The fraction of sp³-hybridized carbons (Fsp3) is 0.588. The molecule has 130 valence electrons. The molecule has 0 spiro atoms. The average Bonchev–Trinajstić information content (AvgIpc) is 3.07. The van der Waals surface area contributed by atoms with Crippen LogP contribution < -0.4 is 5.32 Å². The van der Waals surface area contributed by atoms with Crippen LogP contribution in [-0.4, -0.2) is 39.2 Å². The number of amides is 1. The van der Waals surface area contributed by atoms with Crippen LogP contribution in [0.25, 0.3) is 0 Å². The van der Waals surface area contributed by atoms with E-state index in [0.717, 1.165) is 43.9 Å². The molecule has 1 amide bonds. The molecule has 0 aliphatic carbocycles. The Bertz CT molecular complexity index is 733. The van der Waals surface area contributed by atoms with E-state index in [2.05, 4.69) is 41.2 Å². The smallest absolute Gasteiger partial charge is 0.260 e. The molecule has 0 saturated heterocycles. The van der Waals surface area contributed by atoms with Crippen molar-refractivity contribution in [2.24, 2.45) is 5.92 Å². The summed E-state index contributed by atoms with van der Waals surface area (Å²) in [7, 11) is 2.11. The Morgan fingerprint density at radius 2 is 2.25 bits per heavy atom. The zero-order chi connectivity index (χ0) is 17.3.